The van der Waals surface area contributed by atoms with Crippen LogP contribution >= 0.6 is 11.6 Å². The molecule has 0 radical (unpaired) electrons. The van der Waals surface area contributed by atoms with Crippen LogP contribution in [0.3, 0.4) is 0 Å². The number of aromatic nitrogens is 1. The van der Waals surface area contributed by atoms with Crippen LogP contribution in [0.4, 0.5) is 26.2 Å². The first-order chi connectivity index (χ1) is 20.7. The fourth-order valence-corrected chi connectivity index (χ4v) is 5.34. The van der Waals surface area contributed by atoms with Gasteiger partial charge in [0, 0.05) is 30.4 Å². The zero-order chi connectivity index (χ0) is 30.7. The van der Waals surface area contributed by atoms with E-state index in [1.165, 1.54) is 24.2 Å². The van der Waals surface area contributed by atoms with Gasteiger partial charge in [-0.2, -0.15) is 5.11 Å². The number of pyridine rings is 1. The van der Waals surface area contributed by atoms with Gasteiger partial charge in [0.1, 0.15) is 0 Å². The molecule has 5 rings (SSSR count). The first-order valence-corrected chi connectivity index (χ1v) is 14.4. The van der Waals surface area contributed by atoms with Crippen molar-refractivity contribution >= 4 is 46.5 Å². The lowest BCUT2D eigenvalue weighted by molar-refractivity contribution is -0.123. The molecule has 13 heteroatoms. The Morgan fingerprint density at radius 2 is 1.93 bits per heavy atom. The van der Waals surface area contributed by atoms with E-state index in [2.05, 4.69) is 36.6 Å². The Hall–Kier alpha value is -4.58. The summed E-state index contributed by atoms with van der Waals surface area (Å²) in [6.07, 6.45) is 3.40. The lowest BCUT2D eigenvalue weighted by Crippen LogP contribution is -2.44. The summed E-state index contributed by atoms with van der Waals surface area (Å²) in [5.41, 5.74) is 3.34. The molecule has 2 aliphatic rings. The van der Waals surface area contributed by atoms with Crippen molar-refractivity contribution < 1.29 is 18.8 Å². The molecule has 4 unspecified atom stereocenters. The number of nitrogens with zero attached hydrogens (tertiary/aromatic N) is 4. The summed E-state index contributed by atoms with van der Waals surface area (Å²) in [7, 11) is 1.52. The zero-order valence-corrected chi connectivity index (χ0v) is 24.7. The minimum absolute atomic E-state index is 0.0459. The number of carbonyl (C=O) groups is 3. The minimum atomic E-state index is -0.889. The van der Waals surface area contributed by atoms with Crippen LogP contribution in [0.15, 0.2) is 65.1 Å². The van der Waals surface area contributed by atoms with Crippen LogP contribution in [0.25, 0.3) is 11.1 Å². The van der Waals surface area contributed by atoms with Gasteiger partial charge in [-0.15, -0.1) is 0 Å². The predicted octanol–water partition coefficient (Wildman–Crippen LogP) is 5.85. The smallest absolute Gasteiger partial charge is 0.318 e. The van der Waals surface area contributed by atoms with Gasteiger partial charge >= 0.3 is 6.03 Å². The quantitative estimate of drug-likeness (QED) is 0.295. The average molecular weight is 607 g/mol. The Morgan fingerprint density at radius 1 is 1.12 bits per heavy atom. The predicted molar refractivity (Wildman–Crippen MR) is 162 cm³/mol. The summed E-state index contributed by atoms with van der Waals surface area (Å²) in [6, 6.07) is 11.2. The lowest BCUT2D eigenvalue weighted by atomic mass is 9.95. The molecule has 4 amide bonds. The number of hydrogen-bond acceptors (Lipinski definition) is 7. The Morgan fingerprint density at radius 3 is 2.72 bits per heavy atom. The van der Waals surface area contributed by atoms with Gasteiger partial charge in [0.15, 0.2) is 11.9 Å². The van der Waals surface area contributed by atoms with Gasteiger partial charge in [-0.25, -0.2) is 14.2 Å². The molecule has 0 saturated carbocycles. The molecule has 2 aromatic carbocycles. The zero-order valence-electron chi connectivity index (χ0n) is 23.9. The highest BCUT2D eigenvalue weighted by Crippen LogP contribution is 2.35. The highest BCUT2D eigenvalue weighted by atomic mass is 35.5. The molecule has 2 bridgehead atoms. The molecule has 0 saturated heterocycles. The topological polar surface area (TPSA) is 140 Å². The Kier molecular flexibility index (Phi) is 8.86. The van der Waals surface area contributed by atoms with E-state index in [9.17, 15) is 18.8 Å². The molecule has 11 nitrogen and oxygen atoms in total. The molecule has 2 aliphatic heterocycles. The monoisotopic (exact) mass is 606 g/mol. The van der Waals surface area contributed by atoms with Gasteiger partial charge in [-0.3, -0.25) is 14.6 Å². The van der Waals surface area contributed by atoms with Gasteiger partial charge in [-0.05, 0) is 61.7 Å². The maximum absolute atomic E-state index is 14.7. The maximum atomic E-state index is 14.7. The molecule has 3 heterocycles. The van der Waals surface area contributed by atoms with Gasteiger partial charge in [0.05, 0.1) is 34.2 Å². The number of hydrogen-bond donors (Lipinski definition) is 4. The third-order valence-corrected chi connectivity index (χ3v) is 7.96. The van der Waals surface area contributed by atoms with E-state index in [4.69, 9.17) is 11.6 Å². The normalized spacial score (nSPS) is 21.6. The summed E-state index contributed by atoms with van der Waals surface area (Å²) in [6.45, 7) is 3.59. The first kappa shape index (κ1) is 29.9. The largest absolute Gasteiger partial charge is 0.346 e. The number of rotatable bonds is 4. The van der Waals surface area contributed by atoms with Crippen molar-refractivity contribution in [3.05, 3.63) is 71.3 Å². The standard InChI is InChI=1S/C30H32ClFN8O3/c1-16-6-4-8-22(36-29(42)27-17(2)40(39-38-27)25-9-5-7-21(31)26(25)32)24-14-18(12-13-34-24)20-11-10-19(35-30(43)33-3)15-23(20)37-28(16)41/h5,7,9-17,22,27H,4,6,8H2,1-3H3,(H,36,42)(H,37,41)(H2,33,35,43). The van der Waals surface area contributed by atoms with Crippen molar-refractivity contribution in [2.75, 3.05) is 22.7 Å². The van der Waals surface area contributed by atoms with Crippen LogP contribution in [0, 0.1) is 11.7 Å². The molecule has 1 aromatic heterocycles. The van der Waals surface area contributed by atoms with E-state index in [0.29, 0.717) is 36.3 Å². The molecule has 4 atom stereocenters. The third-order valence-electron chi connectivity index (χ3n) is 7.67. The number of anilines is 3. The first-order valence-electron chi connectivity index (χ1n) is 14.0. The molecule has 43 heavy (non-hydrogen) atoms. The van der Waals surface area contributed by atoms with Crippen molar-refractivity contribution in [3.8, 4) is 11.1 Å². The van der Waals surface area contributed by atoms with Crippen LogP contribution in [0.5, 0.6) is 0 Å². The van der Waals surface area contributed by atoms with Crippen LogP contribution in [-0.4, -0.2) is 42.0 Å². The fourth-order valence-electron chi connectivity index (χ4n) is 5.17. The number of urea groups is 1. The van der Waals surface area contributed by atoms with Gasteiger partial charge in [0.2, 0.25) is 11.8 Å². The second-order valence-corrected chi connectivity index (χ2v) is 11.0. The Bertz CT molecular complexity index is 1580. The van der Waals surface area contributed by atoms with E-state index in [1.54, 1.807) is 31.3 Å². The summed E-state index contributed by atoms with van der Waals surface area (Å²) < 4.78 is 14.7. The van der Waals surface area contributed by atoms with E-state index in [1.807, 2.05) is 25.1 Å². The highest BCUT2D eigenvalue weighted by Gasteiger charge is 2.37. The molecule has 0 aliphatic carbocycles. The number of benzene rings is 2. The van der Waals surface area contributed by atoms with E-state index < -0.39 is 23.9 Å². The fraction of sp³-hybridized carbons (Fsp3) is 0.333. The highest BCUT2D eigenvalue weighted by molar-refractivity contribution is 6.31. The number of amides is 4. The summed E-state index contributed by atoms with van der Waals surface area (Å²) >= 11 is 5.96. The third kappa shape index (κ3) is 6.43. The second-order valence-electron chi connectivity index (χ2n) is 10.6. The molecule has 0 spiro atoms. The lowest BCUT2D eigenvalue weighted by Gasteiger charge is -2.25. The van der Waals surface area contributed by atoms with Crippen molar-refractivity contribution in [2.45, 2.75) is 51.2 Å². The molecule has 224 valence electrons. The van der Waals surface area contributed by atoms with Crippen LogP contribution in [-0.2, 0) is 9.59 Å². The van der Waals surface area contributed by atoms with Crippen molar-refractivity contribution in [3.63, 3.8) is 0 Å². The minimum Gasteiger partial charge on any atom is -0.346 e. The molecule has 3 aromatic rings. The second kappa shape index (κ2) is 12.7. The van der Waals surface area contributed by atoms with Crippen LogP contribution in [0.2, 0.25) is 5.02 Å². The molecule has 0 fully saturated rings. The number of nitrogens with one attached hydrogen (secondary N) is 4. The summed E-state index contributed by atoms with van der Waals surface area (Å²) in [4.78, 5) is 43.1. The van der Waals surface area contributed by atoms with Crippen LogP contribution < -0.4 is 26.3 Å². The maximum Gasteiger partial charge on any atom is 0.318 e. The Balaban J connectivity index is 1.42. The van der Waals surface area contributed by atoms with Crippen molar-refractivity contribution in [1.29, 1.82) is 0 Å². The van der Waals surface area contributed by atoms with Crippen LogP contribution in [0.1, 0.15) is 44.8 Å². The Labute approximate surface area is 253 Å². The van der Waals surface area contributed by atoms with Crippen molar-refractivity contribution in [2.24, 2.45) is 16.3 Å². The van der Waals surface area contributed by atoms with E-state index >= 15 is 0 Å². The number of halogens is 2. The number of fused-ring (bicyclic) bond motifs is 4. The van der Waals surface area contributed by atoms with Crippen molar-refractivity contribution in [1.82, 2.24) is 15.6 Å². The van der Waals surface area contributed by atoms with Gasteiger partial charge in [-0.1, -0.05) is 42.3 Å². The van der Waals surface area contributed by atoms with Gasteiger partial charge in [0.25, 0.3) is 0 Å². The van der Waals surface area contributed by atoms with Gasteiger partial charge < -0.3 is 21.3 Å². The summed E-state index contributed by atoms with van der Waals surface area (Å²) in [5, 5.41) is 20.9. The number of carbonyl (C=O) groups excluding carboxylic acids is 3. The molecule has 4 N–H and O–H groups in total. The molecular weight excluding hydrogens is 575 g/mol. The SMILES string of the molecule is CNC(=O)Nc1ccc2c(c1)NC(=O)C(C)CCCC(NC(=O)C1N=NN(c3cccc(Cl)c3F)C1C)c1cc-2ccn1. The summed E-state index contributed by atoms with van der Waals surface area (Å²) in [5.74, 6) is -1.47. The molecular formula is C30H32ClFN8O3. The van der Waals surface area contributed by atoms with E-state index in [-0.39, 0.29) is 34.5 Å². The van der Waals surface area contributed by atoms with E-state index in [0.717, 1.165) is 11.1 Å². The average Bonchev–Trinajstić information content (AvgIpc) is 3.38.